The van der Waals surface area contributed by atoms with Gasteiger partial charge < -0.3 is 15.2 Å². The Kier molecular flexibility index (Phi) is 5.15. The fraction of sp³-hybridized carbons (Fsp3) is 0.571. The zero-order valence-corrected chi connectivity index (χ0v) is 11.0. The number of nitrogens with one attached hydrogen (secondary N) is 1. The molecule has 1 aliphatic rings. The monoisotopic (exact) mass is 264 g/mol. The molecule has 0 spiro atoms. The SMILES string of the molecule is O=C(NCCCCC1CCCO1)c1cncc(O)c1. The fourth-order valence-corrected chi connectivity index (χ4v) is 2.22. The molecule has 1 aromatic rings. The highest BCUT2D eigenvalue weighted by atomic mass is 16.5. The summed E-state index contributed by atoms with van der Waals surface area (Å²) in [6.45, 7) is 1.53. The topological polar surface area (TPSA) is 71.5 Å². The lowest BCUT2D eigenvalue weighted by Crippen LogP contribution is -2.24. The highest BCUT2D eigenvalue weighted by Gasteiger charge is 2.14. The zero-order valence-electron chi connectivity index (χ0n) is 11.0. The zero-order chi connectivity index (χ0) is 13.5. The van der Waals surface area contributed by atoms with E-state index in [2.05, 4.69) is 10.3 Å². The highest BCUT2D eigenvalue weighted by Crippen LogP contribution is 2.17. The van der Waals surface area contributed by atoms with Crippen molar-refractivity contribution in [1.29, 1.82) is 0 Å². The first-order valence-electron chi connectivity index (χ1n) is 6.79. The maximum Gasteiger partial charge on any atom is 0.252 e. The molecule has 0 aromatic carbocycles. The van der Waals surface area contributed by atoms with Gasteiger partial charge in [0.15, 0.2) is 0 Å². The Morgan fingerprint density at radius 1 is 1.47 bits per heavy atom. The largest absolute Gasteiger partial charge is 0.506 e. The molecule has 1 amide bonds. The molecule has 0 radical (unpaired) electrons. The van der Waals surface area contributed by atoms with Crippen molar-refractivity contribution >= 4 is 5.91 Å². The number of hydrogen-bond acceptors (Lipinski definition) is 4. The van der Waals surface area contributed by atoms with E-state index < -0.39 is 0 Å². The molecule has 1 fully saturated rings. The molecule has 104 valence electrons. The average molecular weight is 264 g/mol. The minimum absolute atomic E-state index is 0.00559. The standard InChI is InChI=1S/C14H20N2O3/c17-12-8-11(9-15-10-12)14(18)16-6-2-1-4-13-5-3-7-19-13/h8-10,13,17H,1-7H2,(H,16,18). The molecule has 1 aliphatic heterocycles. The first-order valence-corrected chi connectivity index (χ1v) is 6.79. The van der Waals surface area contributed by atoms with Gasteiger partial charge in [-0.2, -0.15) is 0 Å². The van der Waals surface area contributed by atoms with Crippen LogP contribution in [0.1, 0.15) is 42.5 Å². The number of ether oxygens (including phenoxy) is 1. The molecule has 0 bridgehead atoms. The summed E-state index contributed by atoms with van der Waals surface area (Å²) in [5.74, 6) is -0.188. The van der Waals surface area contributed by atoms with Crippen molar-refractivity contribution in [3.63, 3.8) is 0 Å². The van der Waals surface area contributed by atoms with E-state index in [9.17, 15) is 9.90 Å². The molecule has 1 saturated heterocycles. The Bertz CT molecular complexity index is 417. The molecule has 1 unspecified atom stereocenters. The molecule has 19 heavy (non-hydrogen) atoms. The number of unbranched alkanes of at least 4 members (excludes halogenated alkanes) is 1. The average Bonchev–Trinajstić information content (AvgIpc) is 2.91. The Morgan fingerprint density at radius 2 is 2.37 bits per heavy atom. The van der Waals surface area contributed by atoms with Crippen molar-refractivity contribution < 1.29 is 14.6 Å². The second-order valence-corrected chi connectivity index (χ2v) is 4.82. The van der Waals surface area contributed by atoms with Crippen LogP contribution in [-0.2, 0) is 4.74 Å². The molecule has 5 nitrogen and oxygen atoms in total. The van der Waals surface area contributed by atoms with E-state index in [-0.39, 0.29) is 11.7 Å². The molecule has 2 N–H and O–H groups in total. The number of aromatic nitrogens is 1. The lowest BCUT2D eigenvalue weighted by Gasteiger charge is -2.09. The van der Waals surface area contributed by atoms with E-state index in [1.165, 1.54) is 31.3 Å². The second-order valence-electron chi connectivity index (χ2n) is 4.82. The summed E-state index contributed by atoms with van der Waals surface area (Å²) in [7, 11) is 0. The third kappa shape index (κ3) is 4.52. The predicted molar refractivity (Wildman–Crippen MR) is 71.1 cm³/mol. The number of carbonyl (C=O) groups excluding carboxylic acids is 1. The number of nitrogens with zero attached hydrogens (tertiary/aromatic N) is 1. The molecule has 1 aromatic heterocycles. The van der Waals surface area contributed by atoms with E-state index in [0.717, 1.165) is 25.9 Å². The Labute approximate surface area is 113 Å². The third-order valence-corrected chi connectivity index (χ3v) is 3.25. The van der Waals surface area contributed by atoms with Gasteiger partial charge in [0.2, 0.25) is 0 Å². The van der Waals surface area contributed by atoms with Crippen LogP contribution in [0.25, 0.3) is 0 Å². The van der Waals surface area contributed by atoms with Gasteiger partial charge in [0, 0.05) is 19.3 Å². The van der Waals surface area contributed by atoms with Crippen LogP contribution in [0, 0.1) is 0 Å². The van der Waals surface area contributed by atoms with Crippen LogP contribution >= 0.6 is 0 Å². The van der Waals surface area contributed by atoms with Crippen molar-refractivity contribution in [2.75, 3.05) is 13.2 Å². The van der Waals surface area contributed by atoms with Gasteiger partial charge in [0.25, 0.3) is 5.91 Å². The summed E-state index contributed by atoms with van der Waals surface area (Å²) in [6, 6.07) is 1.41. The summed E-state index contributed by atoms with van der Waals surface area (Å²) in [6.07, 6.45) is 8.59. The molecule has 0 aliphatic carbocycles. The number of aromatic hydroxyl groups is 1. The van der Waals surface area contributed by atoms with Gasteiger partial charge in [-0.1, -0.05) is 0 Å². The number of hydrogen-bond donors (Lipinski definition) is 2. The lowest BCUT2D eigenvalue weighted by molar-refractivity contribution is 0.0946. The van der Waals surface area contributed by atoms with Crippen molar-refractivity contribution in [2.24, 2.45) is 0 Å². The Balaban J connectivity index is 1.61. The van der Waals surface area contributed by atoms with Crippen molar-refractivity contribution in [3.8, 4) is 5.75 Å². The van der Waals surface area contributed by atoms with E-state index >= 15 is 0 Å². The van der Waals surface area contributed by atoms with Crippen molar-refractivity contribution in [2.45, 2.75) is 38.2 Å². The van der Waals surface area contributed by atoms with Crippen LogP contribution in [0.3, 0.4) is 0 Å². The van der Waals surface area contributed by atoms with Gasteiger partial charge in [-0.05, 0) is 38.2 Å². The summed E-state index contributed by atoms with van der Waals surface area (Å²) < 4.78 is 5.54. The number of rotatable bonds is 6. The minimum atomic E-state index is -0.194. The summed E-state index contributed by atoms with van der Waals surface area (Å²) >= 11 is 0. The first-order chi connectivity index (χ1) is 9.25. The highest BCUT2D eigenvalue weighted by molar-refractivity contribution is 5.94. The van der Waals surface area contributed by atoms with Gasteiger partial charge in [-0.25, -0.2) is 0 Å². The molecule has 5 heteroatoms. The molecule has 1 atom stereocenters. The number of amides is 1. The first kappa shape index (κ1) is 13.8. The Hall–Kier alpha value is -1.62. The molecule has 2 rings (SSSR count). The lowest BCUT2D eigenvalue weighted by atomic mass is 10.1. The predicted octanol–water partition coefficient (Wildman–Crippen LogP) is 1.87. The molecule has 2 heterocycles. The quantitative estimate of drug-likeness (QED) is 0.769. The molecule has 0 saturated carbocycles. The number of pyridine rings is 1. The van der Waals surface area contributed by atoms with Gasteiger partial charge in [0.05, 0.1) is 17.9 Å². The van der Waals surface area contributed by atoms with Gasteiger partial charge in [0.1, 0.15) is 5.75 Å². The summed E-state index contributed by atoms with van der Waals surface area (Å²) in [5, 5.41) is 12.1. The van der Waals surface area contributed by atoms with E-state index in [1.807, 2.05) is 0 Å². The third-order valence-electron chi connectivity index (χ3n) is 3.25. The van der Waals surface area contributed by atoms with Crippen LogP contribution in [-0.4, -0.2) is 35.3 Å². The van der Waals surface area contributed by atoms with Gasteiger partial charge in [-0.15, -0.1) is 0 Å². The van der Waals surface area contributed by atoms with Crippen LogP contribution in [0.5, 0.6) is 5.75 Å². The smallest absolute Gasteiger partial charge is 0.252 e. The van der Waals surface area contributed by atoms with Gasteiger partial charge in [-0.3, -0.25) is 9.78 Å². The van der Waals surface area contributed by atoms with Crippen molar-refractivity contribution in [3.05, 3.63) is 24.0 Å². The van der Waals surface area contributed by atoms with Gasteiger partial charge >= 0.3 is 0 Å². The fourth-order valence-electron chi connectivity index (χ4n) is 2.22. The Morgan fingerprint density at radius 3 is 3.11 bits per heavy atom. The van der Waals surface area contributed by atoms with Crippen LogP contribution in [0.4, 0.5) is 0 Å². The van der Waals surface area contributed by atoms with Crippen LogP contribution < -0.4 is 5.32 Å². The second kappa shape index (κ2) is 7.09. The minimum Gasteiger partial charge on any atom is -0.506 e. The normalized spacial score (nSPS) is 18.4. The number of carbonyl (C=O) groups is 1. The van der Waals surface area contributed by atoms with E-state index in [4.69, 9.17) is 4.74 Å². The summed E-state index contributed by atoms with van der Waals surface area (Å²) in [4.78, 5) is 15.5. The molecular weight excluding hydrogens is 244 g/mol. The van der Waals surface area contributed by atoms with E-state index in [0.29, 0.717) is 18.2 Å². The maximum absolute atomic E-state index is 11.7. The molecular formula is C14H20N2O3. The summed E-state index contributed by atoms with van der Waals surface area (Å²) in [5.41, 5.74) is 0.388. The van der Waals surface area contributed by atoms with E-state index in [1.54, 1.807) is 0 Å². The van der Waals surface area contributed by atoms with Crippen molar-refractivity contribution in [1.82, 2.24) is 10.3 Å². The maximum atomic E-state index is 11.7. The van der Waals surface area contributed by atoms with Crippen LogP contribution in [0.15, 0.2) is 18.5 Å². The van der Waals surface area contributed by atoms with Crippen LogP contribution in [0.2, 0.25) is 0 Å².